The van der Waals surface area contributed by atoms with Crippen molar-refractivity contribution in [2.45, 2.75) is 6.54 Å². The molecule has 12 heteroatoms. The Labute approximate surface area is 231 Å². The van der Waals surface area contributed by atoms with Gasteiger partial charge in [-0.2, -0.15) is 0 Å². The Balaban J connectivity index is 1.61. The largest absolute Gasteiger partial charge is 0.508 e. The van der Waals surface area contributed by atoms with E-state index in [1.54, 1.807) is 12.1 Å². The smallest absolute Gasteiger partial charge is 0.139 e. The summed E-state index contributed by atoms with van der Waals surface area (Å²) in [4.78, 5) is 4.09. The molecule has 0 bridgehead atoms. The Bertz CT molecular complexity index is 740. The Morgan fingerprint density at radius 2 is 0.821 bits per heavy atom. The molecule has 0 atom stereocenters. The number of aromatic hydroxyl groups is 2. The Kier molecular flexibility index (Phi) is 16.4. The van der Waals surface area contributed by atoms with Crippen LogP contribution >= 0.6 is 0 Å². The summed E-state index contributed by atoms with van der Waals surface area (Å²) in [6.45, 7) is 10.9. The average Bonchev–Trinajstić information content (AvgIpc) is 2.95. The quantitative estimate of drug-likeness (QED) is 0.512. The molecule has 0 aromatic heterocycles. The zero-order chi connectivity index (χ0) is 27.4. The molecule has 2 heterocycles. The molecule has 2 fully saturated rings. The molecule has 12 nitrogen and oxygen atoms in total. The van der Waals surface area contributed by atoms with Crippen LogP contribution in [-0.2, 0) is 44.4 Å². The lowest BCUT2D eigenvalue weighted by molar-refractivity contribution is 0.00206. The average molecular weight is 559 g/mol. The van der Waals surface area contributed by atoms with Crippen LogP contribution in [-0.4, -0.2) is 147 Å². The number of phenols is 2. The van der Waals surface area contributed by atoms with Gasteiger partial charge >= 0.3 is 0 Å². The highest BCUT2D eigenvalue weighted by Crippen LogP contribution is 2.35. The van der Waals surface area contributed by atoms with Gasteiger partial charge in [0.05, 0.1) is 111 Å². The predicted octanol–water partition coefficient (Wildman–Crippen LogP) is 0.866. The van der Waals surface area contributed by atoms with Crippen LogP contribution in [0.5, 0.6) is 11.5 Å². The summed E-state index contributed by atoms with van der Waals surface area (Å²) in [6, 6.07) is 3.24. The number of phenolic OH excluding ortho intramolecular Hbond substituents is 2. The van der Waals surface area contributed by atoms with E-state index in [0.29, 0.717) is 150 Å². The van der Waals surface area contributed by atoms with Crippen molar-refractivity contribution in [2.75, 3.05) is 137 Å². The number of anilines is 1. The van der Waals surface area contributed by atoms with E-state index in [1.807, 2.05) is 4.90 Å². The topological polar surface area (TPSA) is 121 Å². The van der Waals surface area contributed by atoms with Crippen molar-refractivity contribution in [2.24, 2.45) is 0 Å². The monoisotopic (exact) mass is 558 g/mol. The Morgan fingerprint density at radius 1 is 0.462 bits per heavy atom. The molecule has 1 aromatic rings. The molecule has 0 spiro atoms. The minimum absolute atomic E-state index is 0.0903. The van der Waals surface area contributed by atoms with Crippen molar-refractivity contribution in [3.8, 4) is 11.5 Å². The molecule has 3 rings (SSSR count). The zero-order valence-corrected chi connectivity index (χ0v) is 23.1. The summed E-state index contributed by atoms with van der Waals surface area (Å²) in [5.41, 5.74) is 1.16. The molecule has 1 aromatic carbocycles. The molecule has 2 aliphatic rings. The van der Waals surface area contributed by atoms with Gasteiger partial charge < -0.3 is 53.0 Å². The number of ether oxygens (including phenoxy) is 8. The normalized spacial score (nSPS) is 22.2. The van der Waals surface area contributed by atoms with Gasteiger partial charge in [-0.3, -0.25) is 4.90 Å². The van der Waals surface area contributed by atoms with E-state index in [9.17, 15) is 10.2 Å². The lowest BCUT2D eigenvalue weighted by atomic mass is 10.1. The third-order valence-corrected chi connectivity index (χ3v) is 6.26. The summed E-state index contributed by atoms with van der Waals surface area (Å²) in [5.74, 6) is 0.203. The van der Waals surface area contributed by atoms with Crippen LogP contribution in [0.4, 0.5) is 5.69 Å². The molecular formula is C27H46N2O10. The zero-order valence-electron chi connectivity index (χ0n) is 23.1. The second kappa shape index (κ2) is 20.2. The van der Waals surface area contributed by atoms with E-state index in [4.69, 9.17) is 37.9 Å². The number of nitrogens with zero attached hydrogens (tertiary/aromatic N) is 2. The van der Waals surface area contributed by atoms with Crippen LogP contribution in [0, 0.1) is 0 Å². The van der Waals surface area contributed by atoms with Crippen LogP contribution in [0.15, 0.2) is 12.1 Å². The number of hydrogen-bond donors (Lipinski definition) is 2. The first-order valence-corrected chi connectivity index (χ1v) is 13.9. The van der Waals surface area contributed by atoms with E-state index in [0.717, 1.165) is 0 Å². The second-order valence-electron chi connectivity index (χ2n) is 9.13. The van der Waals surface area contributed by atoms with Gasteiger partial charge in [-0.15, -0.1) is 0 Å². The van der Waals surface area contributed by atoms with E-state index < -0.39 is 0 Å². The van der Waals surface area contributed by atoms with Gasteiger partial charge in [0.2, 0.25) is 0 Å². The van der Waals surface area contributed by atoms with Gasteiger partial charge in [0.1, 0.15) is 11.5 Å². The maximum Gasteiger partial charge on any atom is 0.139 e. The lowest BCUT2D eigenvalue weighted by Gasteiger charge is -2.27. The number of hydrogen-bond acceptors (Lipinski definition) is 12. The predicted molar refractivity (Wildman–Crippen MR) is 144 cm³/mol. The first kappa shape index (κ1) is 31.8. The molecule has 2 aliphatic heterocycles. The van der Waals surface area contributed by atoms with Crippen LogP contribution in [0.25, 0.3) is 0 Å². The highest BCUT2D eigenvalue weighted by molar-refractivity contribution is 5.63. The third-order valence-electron chi connectivity index (χ3n) is 6.26. The van der Waals surface area contributed by atoms with Gasteiger partial charge in [-0.05, 0) is 6.07 Å². The molecule has 0 radical (unpaired) electrons. The molecule has 0 saturated carbocycles. The summed E-state index contributed by atoms with van der Waals surface area (Å²) < 4.78 is 44.7. The van der Waals surface area contributed by atoms with Crippen molar-refractivity contribution >= 4 is 5.69 Å². The maximum absolute atomic E-state index is 11.0. The highest BCUT2D eigenvalue weighted by Gasteiger charge is 2.17. The van der Waals surface area contributed by atoms with Crippen LogP contribution in [0.1, 0.15) is 5.56 Å². The molecule has 39 heavy (non-hydrogen) atoms. The SMILES string of the molecule is Oc1cc(N2CCOCCOCCOCCOCC2)c(O)cc1CN1CCOCCOCCOCCOCC1. The number of benzene rings is 1. The van der Waals surface area contributed by atoms with E-state index in [1.165, 1.54) is 0 Å². The third kappa shape index (κ3) is 13.4. The minimum atomic E-state index is 0.0903. The lowest BCUT2D eigenvalue weighted by Crippen LogP contribution is -2.32. The van der Waals surface area contributed by atoms with E-state index >= 15 is 0 Å². The maximum atomic E-state index is 11.0. The molecule has 224 valence electrons. The van der Waals surface area contributed by atoms with Crippen molar-refractivity contribution < 1.29 is 48.1 Å². The fourth-order valence-electron chi connectivity index (χ4n) is 4.11. The van der Waals surface area contributed by atoms with Crippen molar-refractivity contribution in [1.82, 2.24) is 4.90 Å². The van der Waals surface area contributed by atoms with Crippen molar-refractivity contribution in [3.63, 3.8) is 0 Å². The van der Waals surface area contributed by atoms with Crippen molar-refractivity contribution in [3.05, 3.63) is 17.7 Å². The van der Waals surface area contributed by atoms with Crippen LogP contribution in [0.3, 0.4) is 0 Å². The summed E-state index contributed by atoms with van der Waals surface area (Å²) >= 11 is 0. The molecule has 0 unspecified atom stereocenters. The fraction of sp³-hybridized carbons (Fsp3) is 0.778. The van der Waals surface area contributed by atoms with Crippen LogP contribution in [0.2, 0.25) is 0 Å². The van der Waals surface area contributed by atoms with E-state index in [-0.39, 0.29) is 11.5 Å². The van der Waals surface area contributed by atoms with Gasteiger partial charge in [0.25, 0.3) is 0 Å². The molecular weight excluding hydrogens is 512 g/mol. The van der Waals surface area contributed by atoms with Gasteiger partial charge in [0, 0.05) is 44.4 Å². The first-order chi connectivity index (χ1) is 19.2. The fourth-order valence-corrected chi connectivity index (χ4v) is 4.11. The summed E-state index contributed by atoms with van der Waals surface area (Å²) in [5, 5.41) is 21.9. The Morgan fingerprint density at radius 3 is 1.23 bits per heavy atom. The second-order valence-corrected chi connectivity index (χ2v) is 9.13. The number of rotatable bonds is 3. The van der Waals surface area contributed by atoms with Gasteiger partial charge in [-0.1, -0.05) is 0 Å². The highest BCUT2D eigenvalue weighted by atomic mass is 16.6. The minimum Gasteiger partial charge on any atom is -0.508 e. The van der Waals surface area contributed by atoms with Crippen molar-refractivity contribution in [1.29, 1.82) is 0 Å². The standard InChI is InChI=1S/C27H46N2O10/c30-26-22-25(29-3-7-34-11-15-38-19-20-39-16-12-35-8-4-29)27(31)21-24(26)23-28-1-5-32-9-13-36-17-18-37-14-10-33-6-2-28/h21-22,30-31H,1-20,23H2. The van der Waals surface area contributed by atoms with Gasteiger partial charge in [-0.25, -0.2) is 0 Å². The first-order valence-electron chi connectivity index (χ1n) is 13.9. The van der Waals surface area contributed by atoms with Crippen LogP contribution < -0.4 is 4.90 Å². The molecule has 0 aliphatic carbocycles. The summed E-state index contributed by atoms with van der Waals surface area (Å²) in [6.07, 6.45) is 0. The molecule has 2 N–H and O–H groups in total. The molecule has 2 saturated heterocycles. The van der Waals surface area contributed by atoms with Gasteiger partial charge in [0.15, 0.2) is 0 Å². The molecule has 0 amide bonds. The van der Waals surface area contributed by atoms with E-state index in [2.05, 4.69) is 4.90 Å². The summed E-state index contributed by atoms with van der Waals surface area (Å²) in [7, 11) is 0. The Hall–Kier alpha value is -1.74.